The van der Waals surface area contributed by atoms with E-state index in [1.165, 1.54) is 27.2 Å². The number of aryl methyl sites for hydroxylation is 1. The Labute approximate surface area is 152 Å². The van der Waals surface area contributed by atoms with Crippen LogP contribution >= 0.6 is 0 Å². The Hall–Kier alpha value is -3.15. The Morgan fingerprint density at radius 2 is 1.77 bits per heavy atom. The van der Waals surface area contributed by atoms with Gasteiger partial charge in [0.05, 0.1) is 14.2 Å². The Kier molecular flexibility index (Phi) is 7.52. The standard InChI is InChI=1S/C10H12O4.C10H12O2/c1-5-4-7(11)6(2)9(12)8(5)10(13)14-3;1-3-4-8-5-6-9(11)10(7-8)12-2/h4,11-12H,1-3H3;3,5-7,11H,1,4H2,2H3. The molecule has 3 N–H and O–H groups in total. The van der Waals surface area contributed by atoms with Crippen molar-refractivity contribution in [2.24, 2.45) is 0 Å². The lowest BCUT2D eigenvalue weighted by molar-refractivity contribution is 0.0596. The molecule has 0 fully saturated rings. The number of rotatable bonds is 4. The minimum atomic E-state index is -0.608. The summed E-state index contributed by atoms with van der Waals surface area (Å²) in [7, 11) is 2.77. The van der Waals surface area contributed by atoms with Gasteiger partial charge < -0.3 is 24.8 Å². The van der Waals surface area contributed by atoms with Gasteiger partial charge in [0, 0.05) is 5.56 Å². The van der Waals surface area contributed by atoms with Crippen molar-refractivity contribution in [2.45, 2.75) is 20.3 Å². The summed E-state index contributed by atoms with van der Waals surface area (Å²) in [6.07, 6.45) is 2.60. The van der Waals surface area contributed by atoms with Crippen LogP contribution in [0.15, 0.2) is 36.9 Å². The molecule has 140 valence electrons. The van der Waals surface area contributed by atoms with E-state index in [0.717, 1.165) is 12.0 Å². The number of aromatic hydroxyl groups is 3. The van der Waals surface area contributed by atoms with Crippen molar-refractivity contribution in [3.8, 4) is 23.0 Å². The monoisotopic (exact) mass is 360 g/mol. The van der Waals surface area contributed by atoms with Crippen molar-refractivity contribution in [3.05, 3.63) is 59.2 Å². The highest BCUT2D eigenvalue weighted by Crippen LogP contribution is 2.32. The third-order valence-corrected chi connectivity index (χ3v) is 3.74. The topological polar surface area (TPSA) is 96.2 Å². The van der Waals surface area contributed by atoms with Crippen LogP contribution in [0.25, 0.3) is 0 Å². The number of carbonyl (C=O) groups excluding carboxylic acids is 1. The molecule has 0 atom stereocenters. The number of ether oxygens (including phenoxy) is 2. The molecule has 26 heavy (non-hydrogen) atoms. The second-order valence-corrected chi connectivity index (χ2v) is 5.55. The summed E-state index contributed by atoms with van der Waals surface area (Å²) in [5, 5.41) is 28.2. The van der Waals surface area contributed by atoms with Gasteiger partial charge in [-0.3, -0.25) is 0 Å². The van der Waals surface area contributed by atoms with E-state index >= 15 is 0 Å². The van der Waals surface area contributed by atoms with Gasteiger partial charge in [0.2, 0.25) is 0 Å². The lowest BCUT2D eigenvalue weighted by Gasteiger charge is -2.10. The fourth-order valence-corrected chi connectivity index (χ4v) is 2.26. The van der Waals surface area contributed by atoms with E-state index in [1.54, 1.807) is 19.1 Å². The van der Waals surface area contributed by atoms with Crippen LogP contribution in [0.1, 0.15) is 27.0 Å². The van der Waals surface area contributed by atoms with Gasteiger partial charge in [-0.1, -0.05) is 12.1 Å². The summed E-state index contributed by atoms with van der Waals surface area (Å²) in [6, 6.07) is 6.69. The van der Waals surface area contributed by atoms with E-state index in [9.17, 15) is 20.1 Å². The van der Waals surface area contributed by atoms with Crippen LogP contribution in [0.3, 0.4) is 0 Å². The predicted octanol–water partition coefficient (Wildman–Crippen LogP) is 3.63. The zero-order valence-electron chi connectivity index (χ0n) is 15.4. The molecule has 0 amide bonds. The van der Waals surface area contributed by atoms with Gasteiger partial charge in [-0.25, -0.2) is 4.79 Å². The second kappa shape index (κ2) is 9.36. The number of phenols is 3. The Morgan fingerprint density at radius 3 is 2.31 bits per heavy atom. The zero-order chi connectivity index (χ0) is 19.9. The zero-order valence-corrected chi connectivity index (χ0v) is 15.4. The van der Waals surface area contributed by atoms with Crippen LogP contribution in [0.2, 0.25) is 0 Å². The van der Waals surface area contributed by atoms with Gasteiger partial charge >= 0.3 is 5.97 Å². The fraction of sp³-hybridized carbons (Fsp3) is 0.250. The molecule has 2 rings (SSSR count). The van der Waals surface area contributed by atoms with Crippen LogP contribution in [-0.2, 0) is 11.2 Å². The first-order chi connectivity index (χ1) is 12.3. The highest BCUT2D eigenvalue weighted by Gasteiger charge is 2.18. The molecule has 0 aromatic heterocycles. The van der Waals surface area contributed by atoms with Crippen LogP contribution in [0.4, 0.5) is 0 Å². The molecule has 0 aliphatic heterocycles. The van der Waals surface area contributed by atoms with Gasteiger partial charge in [-0.2, -0.15) is 0 Å². The summed E-state index contributed by atoms with van der Waals surface area (Å²) in [5.74, 6) is -0.190. The molecule has 0 bridgehead atoms. The van der Waals surface area contributed by atoms with Crippen LogP contribution in [0, 0.1) is 13.8 Å². The van der Waals surface area contributed by atoms with Crippen molar-refractivity contribution in [1.29, 1.82) is 0 Å². The molecule has 2 aromatic carbocycles. The molecule has 2 aromatic rings. The first-order valence-corrected chi connectivity index (χ1v) is 7.84. The predicted molar refractivity (Wildman–Crippen MR) is 99.1 cm³/mol. The van der Waals surface area contributed by atoms with Gasteiger partial charge in [0.15, 0.2) is 11.5 Å². The summed E-state index contributed by atoms with van der Waals surface area (Å²) in [6.45, 7) is 6.77. The van der Waals surface area contributed by atoms with Gasteiger partial charge in [-0.15, -0.1) is 6.58 Å². The highest BCUT2D eigenvalue weighted by molar-refractivity contribution is 5.94. The van der Waals surface area contributed by atoms with Crippen molar-refractivity contribution in [3.63, 3.8) is 0 Å². The largest absolute Gasteiger partial charge is 0.508 e. The molecule has 0 aliphatic carbocycles. The smallest absolute Gasteiger partial charge is 0.341 e. The molecule has 0 radical (unpaired) electrons. The molecule has 0 spiro atoms. The maximum Gasteiger partial charge on any atom is 0.341 e. The third-order valence-electron chi connectivity index (χ3n) is 3.74. The normalized spacial score (nSPS) is 9.69. The molecular weight excluding hydrogens is 336 g/mol. The summed E-state index contributed by atoms with van der Waals surface area (Å²) in [4.78, 5) is 11.3. The van der Waals surface area contributed by atoms with Gasteiger partial charge in [0.25, 0.3) is 0 Å². The van der Waals surface area contributed by atoms with Gasteiger partial charge in [0.1, 0.15) is 17.1 Å². The van der Waals surface area contributed by atoms with Gasteiger partial charge in [-0.05, 0) is 49.6 Å². The number of hydrogen-bond donors (Lipinski definition) is 3. The lowest BCUT2D eigenvalue weighted by Crippen LogP contribution is -2.05. The molecule has 6 heteroatoms. The first-order valence-electron chi connectivity index (χ1n) is 7.84. The van der Waals surface area contributed by atoms with E-state index in [0.29, 0.717) is 11.3 Å². The van der Waals surface area contributed by atoms with Crippen LogP contribution in [0.5, 0.6) is 23.0 Å². The van der Waals surface area contributed by atoms with Crippen molar-refractivity contribution >= 4 is 5.97 Å². The molecule has 6 nitrogen and oxygen atoms in total. The Morgan fingerprint density at radius 1 is 1.12 bits per heavy atom. The lowest BCUT2D eigenvalue weighted by atomic mass is 10.0. The minimum Gasteiger partial charge on any atom is -0.508 e. The molecule has 0 saturated heterocycles. The number of hydrogen-bond acceptors (Lipinski definition) is 6. The number of carbonyl (C=O) groups is 1. The Balaban J connectivity index is 0.000000263. The quantitative estimate of drug-likeness (QED) is 0.569. The number of esters is 1. The molecule has 0 heterocycles. The SMILES string of the molecule is C=CCc1ccc(O)c(OC)c1.COC(=O)c1c(C)cc(O)c(C)c1O. The fourth-order valence-electron chi connectivity index (χ4n) is 2.26. The van der Waals surface area contributed by atoms with E-state index in [1.807, 2.05) is 12.1 Å². The maximum absolute atomic E-state index is 11.3. The summed E-state index contributed by atoms with van der Waals surface area (Å²) < 4.78 is 9.46. The number of benzene rings is 2. The average Bonchev–Trinajstić information content (AvgIpc) is 2.62. The number of methoxy groups -OCH3 is 2. The minimum absolute atomic E-state index is 0.0346. The van der Waals surface area contributed by atoms with E-state index in [-0.39, 0.29) is 28.4 Å². The number of allylic oxidation sites excluding steroid dienone is 1. The third kappa shape index (κ3) is 4.92. The highest BCUT2D eigenvalue weighted by atomic mass is 16.5. The number of phenolic OH excluding ortho intramolecular Hbond substituents is 3. The van der Waals surface area contributed by atoms with Crippen molar-refractivity contribution in [1.82, 2.24) is 0 Å². The first kappa shape index (κ1) is 20.9. The maximum atomic E-state index is 11.3. The molecule has 0 aliphatic rings. The van der Waals surface area contributed by atoms with Crippen LogP contribution < -0.4 is 4.74 Å². The summed E-state index contributed by atoms with van der Waals surface area (Å²) in [5.41, 5.74) is 1.94. The summed E-state index contributed by atoms with van der Waals surface area (Å²) >= 11 is 0. The van der Waals surface area contributed by atoms with Crippen molar-refractivity contribution in [2.75, 3.05) is 14.2 Å². The van der Waals surface area contributed by atoms with E-state index < -0.39 is 5.97 Å². The van der Waals surface area contributed by atoms with E-state index in [2.05, 4.69) is 11.3 Å². The average molecular weight is 360 g/mol. The van der Waals surface area contributed by atoms with E-state index in [4.69, 9.17) is 4.74 Å². The molecule has 0 unspecified atom stereocenters. The second-order valence-electron chi connectivity index (χ2n) is 5.55. The molecule has 0 saturated carbocycles. The Bertz CT molecular complexity index is 795. The van der Waals surface area contributed by atoms with Crippen LogP contribution in [-0.4, -0.2) is 35.5 Å². The van der Waals surface area contributed by atoms with Crippen molar-refractivity contribution < 1.29 is 29.6 Å². The molecular formula is C20H24O6.